The van der Waals surface area contributed by atoms with Gasteiger partial charge >= 0.3 is 6.18 Å². The van der Waals surface area contributed by atoms with Crippen molar-refractivity contribution in [1.29, 1.82) is 0 Å². The largest absolute Gasteiger partial charge is 0.416 e. The van der Waals surface area contributed by atoms with Crippen molar-refractivity contribution in [1.82, 2.24) is 4.31 Å². The number of hydrogen-bond donors (Lipinski definition) is 1. The number of rotatable bonds is 5. The SMILES string of the molecule is O=S(=O)(Nc1cccc(S(=O)(=O)N2CCOCC2)c1)c1cccc(C(F)(F)F)c1. The zero-order valence-electron chi connectivity index (χ0n) is 14.9. The Morgan fingerprint density at radius 3 is 2.17 bits per heavy atom. The fourth-order valence-electron chi connectivity index (χ4n) is 2.71. The number of anilines is 1. The molecular weight excluding hydrogens is 433 g/mol. The topological polar surface area (TPSA) is 92.8 Å². The van der Waals surface area contributed by atoms with E-state index in [4.69, 9.17) is 4.74 Å². The Morgan fingerprint density at radius 1 is 0.897 bits per heavy atom. The van der Waals surface area contributed by atoms with Gasteiger partial charge in [-0.15, -0.1) is 0 Å². The Kier molecular flexibility index (Phi) is 5.90. The van der Waals surface area contributed by atoms with Crippen molar-refractivity contribution in [2.75, 3.05) is 31.0 Å². The second kappa shape index (κ2) is 7.94. The highest BCUT2D eigenvalue weighted by Gasteiger charge is 2.32. The molecule has 1 aliphatic rings. The number of halogens is 3. The predicted octanol–water partition coefficient (Wildman–Crippen LogP) is 2.53. The Hall–Kier alpha value is -2.15. The van der Waals surface area contributed by atoms with Gasteiger partial charge in [-0.05, 0) is 36.4 Å². The van der Waals surface area contributed by atoms with Crippen molar-refractivity contribution < 1.29 is 34.7 Å². The van der Waals surface area contributed by atoms with Crippen LogP contribution in [0.4, 0.5) is 18.9 Å². The summed E-state index contributed by atoms with van der Waals surface area (Å²) in [7, 11) is -8.22. The second-order valence-electron chi connectivity index (χ2n) is 6.18. The van der Waals surface area contributed by atoms with Crippen molar-refractivity contribution >= 4 is 25.7 Å². The van der Waals surface area contributed by atoms with Gasteiger partial charge in [0.25, 0.3) is 10.0 Å². The van der Waals surface area contributed by atoms with Gasteiger partial charge in [-0.3, -0.25) is 4.72 Å². The van der Waals surface area contributed by atoms with E-state index in [-0.39, 0.29) is 36.9 Å². The molecule has 7 nitrogen and oxygen atoms in total. The molecule has 12 heteroatoms. The molecule has 158 valence electrons. The number of nitrogens with one attached hydrogen (secondary N) is 1. The smallest absolute Gasteiger partial charge is 0.379 e. The van der Waals surface area contributed by atoms with Crippen LogP contribution in [0.15, 0.2) is 58.3 Å². The summed E-state index contributed by atoms with van der Waals surface area (Å²) in [6, 6.07) is 8.36. The molecule has 2 aromatic carbocycles. The molecule has 2 aromatic rings. The minimum absolute atomic E-state index is 0.0863. The summed E-state index contributed by atoms with van der Waals surface area (Å²) in [4.78, 5) is -0.725. The summed E-state index contributed by atoms with van der Waals surface area (Å²) < 4.78 is 97.4. The molecule has 0 radical (unpaired) electrons. The normalized spacial score (nSPS) is 16.5. The average Bonchev–Trinajstić information content (AvgIpc) is 2.68. The fourth-order valence-corrected chi connectivity index (χ4v) is 5.26. The molecule has 29 heavy (non-hydrogen) atoms. The maximum Gasteiger partial charge on any atom is 0.416 e. The van der Waals surface area contributed by atoms with Crippen LogP contribution in [-0.4, -0.2) is 47.4 Å². The monoisotopic (exact) mass is 450 g/mol. The Bertz CT molecular complexity index is 1100. The molecule has 0 aliphatic carbocycles. The first-order chi connectivity index (χ1) is 13.5. The minimum Gasteiger partial charge on any atom is -0.379 e. The van der Waals surface area contributed by atoms with Crippen LogP contribution >= 0.6 is 0 Å². The van der Waals surface area contributed by atoms with E-state index in [1.165, 1.54) is 22.5 Å². The summed E-state index contributed by atoms with van der Waals surface area (Å²) >= 11 is 0. The van der Waals surface area contributed by atoms with E-state index in [2.05, 4.69) is 4.72 Å². The maximum absolute atomic E-state index is 12.8. The predicted molar refractivity (Wildman–Crippen MR) is 98.3 cm³/mol. The van der Waals surface area contributed by atoms with Crippen LogP contribution in [0.2, 0.25) is 0 Å². The van der Waals surface area contributed by atoms with Crippen LogP contribution in [-0.2, 0) is 31.0 Å². The summed E-state index contributed by atoms with van der Waals surface area (Å²) in [5, 5.41) is 0. The number of sulfonamides is 2. The average molecular weight is 450 g/mol. The molecular formula is C17H17F3N2O5S2. The van der Waals surface area contributed by atoms with Gasteiger partial charge in [-0.25, -0.2) is 16.8 Å². The Balaban J connectivity index is 1.88. The molecule has 1 heterocycles. The number of ether oxygens (including phenoxy) is 1. The highest BCUT2D eigenvalue weighted by Crippen LogP contribution is 2.31. The molecule has 3 rings (SSSR count). The van der Waals surface area contributed by atoms with Crippen molar-refractivity contribution in [3.63, 3.8) is 0 Å². The molecule has 0 aromatic heterocycles. The van der Waals surface area contributed by atoms with Crippen molar-refractivity contribution in [2.45, 2.75) is 16.0 Å². The molecule has 0 amide bonds. The first-order valence-corrected chi connectivity index (χ1v) is 11.3. The molecule has 1 N–H and O–H groups in total. The van der Waals surface area contributed by atoms with Gasteiger partial charge in [0.15, 0.2) is 0 Å². The zero-order valence-corrected chi connectivity index (χ0v) is 16.5. The summed E-state index contributed by atoms with van der Waals surface area (Å²) in [5.74, 6) is 0. The van der Waals surface area contributed by atoms with Gasteiger partial charge in [0, 0.05) is 13.1 Å². The number of morpholine rings is 1. The maximum atomic E-state index is 12.8. The highest BCUT2D eigenvalue weighted by atomic mass is 32.2. The Morgan fingerprint density at radius 2 is 1.52 bits per heavy atom. The molecule has 0 bridgehead atoms. The quantitative estimate of drug-likeness (QED) is 0.756. The van der Waals surface area contributed by atoms with Crippen molar-refractivity contribution in [3.8, 4) is 0 Å². The van der Waals surface area contributed by atoms with E-state index in [0.29, 0.717) is 6.07 Å². The van der Waals surface area contributed by atoms with Crippen LogP contribution in [0, 0.1) is 0 Å². The van der Waals surface area contributed by atoms with Crippen LogP contribution in [0.25, 0.3) is 0 Å². The van der Waals surface area contributed by atoms with Gasteiger partial charge in [-0.2, -0.15) is 17.5 Å². The zero-order chi connectivity index (χ0) is 21.3. The lowest BCUT2D eigenvalue weighted by Crippen LogP contribution is -2.40. The number of nitrogens with zero attached hydrogens (tertiary/aromatic N) is 1. The standard InChI is InChI=1S/C17H17F3N2O5S2/c18-17(19,20)13-3-1-5-15(11-13)28(23,24)21-14-4-2-6-16(12-14)29(25,26)22-7-9-27-10-8-22/h1-6,11-12,21H,7-10H2. The summed E-state index contributed by atoms with van der Waals surface area (Å²) in [6.45, 7) is 0.841. The molecule has 0 atom stereocenters. The molecule has 1 saturated heterocycles. The van der Waals surface area contributed by atoms with Crippen LogP contribution in [0.3, 0.4) is 0 Å². The molecule has 1 aliphatic heterocycles. The third kappa shape index (κ3) is 4.89. The molecule has 0 spiro atoms. The first kappa shape index (κ1) is 21.6. The minimum atomic E-state index is -4.70. The highest BCUT2D eigenvalue weighted by molar-refractivity contribution is 7.92. The second-order valence-corrected chi connectivity index (χ2v) is 9.80. The third-order valence-corrected chi connectivity index (χ3v) is 7.44. The van der Waals surface area contributed by atoms with Crippen LogP contribution < -0.4 is 4.72 Å². The van der Waals surface area contributed by atoms with Gasteiger partial charge in [0.2, 0.25) is 10.0 Å². The lowest BCUT2D eigenvalue weighted by molar-refractivity contribution is -0.137. The lowest BCUT2D eigenvalue weighted by atomic mass is 10.2. The van der Waals surface area contributed by atoms with E-state index in [0.717, 1.165) is 24.3 Å². The van der Waals surface area contributed by atoms with Crippen molar-refractivity contribution in [3.05, 3.63) is 54.1 Å². The summed E-state index contributed by atoms with van der Waals surface area (Å²) in [6.07, 6.45) is -4.70. The molecule has 0 saturated carbocycles. The van der Waals surface area contributed by atoms with E-state index >= 15 is 0 Å². The number of hydrogen-bond acceptors (Lipinski definition) is 5. The van der Waals surface area contributed by atoms with E-state index in [1.807, 2.05) is 0 Å². The summed E-state index contributed by atoms with van der Waals surface area (Å²) in [5.41, 5.74) is -1.19. The van der Waals surface area contributed by atoms with Gasteiger partial charge in [0.05, 0.1) is 34.3 Å². The molecule has 0 unspecified atom stereocenters. The van der Waals surface area contributed by atoms with Crippen LogP contribution in [0.5, 0.6) is 0 Å². The van der Waals surface area contributed by atoms with E-state index < -0.39 is 36.7 Å². The van der Waals surface area contributed by atoms with Gasteiger partial charge < -0.3 is 4.74 Å². The molecule has 1 fully saturated rings. The lowest BCUT2D eigenvalue weighted by Gasteiger charge is -2.26. The van der Waals surface area contributed by atoms with Gasteiger partial charge in [0.1, 0.15) is 0 Å². The fraction of sp³-hybridized carbons (Fsp3) is 0.294. The first-order valence-electron chi connectivity index (χ1n) is 8.38. The number of alkyl halides is 3. The van der Waals surface area contributed by atoms with Crippen LogP contribution in [0.1, 0.15) is 5.56 Å². The van der Waals surface area contributed by atoms with Gasteiger partial charge in [-0.1, -0.05) is 12.1 Å². The van der Waals surface area contributed by atoms with E-state index in [1.54, 1.807) is 0 Å². The van der Waals surface area contributed by atoms with E-state index in [9.17, 15) is 30.0 Å². The number of benzene rings is 2. The third-order valence-electron chi connectivity index (χ3n) is 4.17. The Labute approximate surface area is 166 Å². The van der Waals surface area contributed by atoms with Crippen molar-refractivity contribution in [2.24, 2.45) is 0 Å².